The monoisotopic (exact) mass is 663 g/mol. The minimum atomic E-state index is -1.14. The van der Waals surface area contributed by atoms with Gasteiger partial charge in [0.25, 0.3) is 0 Å². The Labute approximate surface area is 285 Å². The summed E-state index contributed by atoms with van der Waals surface area (Å²) >= 11 is 0. The van der Waals surface area contributed by atoms with Crippen LogP contribution in [-0.4, -0.2) is 52.8 Å². The van der Waals surface area contributed by atoms with Gasteiger partial charge >= 0.3 is 5.97 Å². The van der Waals surface area contributed by atoms with E-state index in [0.717, 1.165) is 11.1 Å². The van der Waals surface area contributed by atoms with Crippen LogP contribution in [0.15, 0.2) is 59.7 Å². The van der Waals surface area contributed by atoms with Gasteiger partial charge in [-0.15, -0.1) is 0 Å². The van der Waals surface area contributed by atoms with Crippen LogP contribution in [0.4, 0.5) is 0 Å². The first-order valence-corrected chi connectivity index (χ1v) is 16.5. The summed E-state index contributed by atoms with van der Waals surface area (Å²) in [6, 6.07) is 15.7. The fourth-order valence-corrected chi connectivity index (χ4v) is 5.33. The molecule has 11 heteroatoms. The third kappa shape index (κ3) is 14.7. The highest BCUT2D eigenvalue weighted by atomic mass is 16.6. The maximum atomic E-state index is 14.1. The lowest BCUT2D eigenvalue weighted by Gasteiger charge is -2.36. The van der Waals surface area contributed by atoms with Gasteiger partial charge in [-0.2, -0.15) is 0 Å². The number of esters is 1. The molecule has 0 unspecified atom stereocenters. The predicted octanol–water partition coefficient (Wildman–Crippen LogP) is 6.45. The fraction of sp³-hybridized carbons (Fsp3) is 0.568. The highest BCUT2D eigenvalue weighted by Gasteiger charge is 2.38. The number of amides is 1. The SMILES string of the molecule is CC(C)(C)OC(=O)C[C@H](N)C(=O)C[C@@H](Cc1ccc(OC(C)(C)C)cc1)C(=O)NC(C)(C)[C@@H](Cc1ccccc1)C(=O)CCCN=[N+]=[N-]. The Morgan fingerprint density at radius 1 is 0.833 bits per heavy atom. The molecule has 0 saturated carbocycles. The zero-order chi connectivity index (χ0) is 36.1. The average Bonchev–Trinajstić information content (AvgIpc) is 2.97. The molecule has 0 spiro atoms. The zero-order valence-corrected chi connectivity index (χ0v) is 29.7. The first kappa shape index (κ1) is 40.0. The third-order valence-corrected chi connectivity index (χ3v) is 7.60. The zero-order valence-electron chi connectivity index (χ0n) is 29.7. The van der Waals surface area contributed by atoms with E-state index in [-0.39, 0.29) is 43.6 Å². The van der Waals surface area contributed by atoms with Crippen LogP contribution in [-0.2, 0) is 36.8 Å². The minimum Gasteiger partial charge on any atom is -0.488 e. The topological polar surface area (TPSA) is 174 Å². The van der Waals surface area contributed by atoms with E-state index in [1.807, 2.05) is 75.4 Å². The number of carbonyl (C=O) groups is 4. The van der Waals surface area contributed by atoms with Gasteiger partial charge in [0.15, 0.2) is 5.78 Å². The molecule has 0 aliphatic rings. The van der Waals surface area contributed by atoms with Gasteiger partial charge in [0.2, 0.25) is 5.91 Å². The number of azide groups is 1. The first-order chi connectivity index (χ1) is 22.3. The maximum absolute atomic E-state index is 14.1. The van der Waals surface area contributed by atoms with E-state index in [0.29, 0.717) is 18.6 Å². The van der Waals surface area contributed by atoms with Gasteiger partial charge in [-0.05, 0) is 103 Å². The number of nitrogens with one attached hydrogen (secondary N) is 1. The fourth-order valence-electron chi connectivity index (χ4n) is 5.33. The lowest BCUT2D eigenvalue weighted by atomic mass is 9.78. The maximum Gasteiger partial charge on any atom is 0.308 e. The highest BCUT2D eigenvalue weighted by Crippen LogP contribution is 2.27. The molecule has 3 atom stereocenters. The molecule has 2 rings (SSSR count). The number of ether oxygens (including phenoxy) is 2. The first-order valence-electron chi connectivity index (χ1n) is 16.5. The minimum absolute atomic E-state index is 0.0706. The Kier molecular flexibility index (Phi) is 14.8. The number of Topliss-reactive ketones (excluding diaryl/α,β-unsaturated/α-hetero) is 2. The Morgan fingerprint density at radius 2 is 1.44 bits per heavy atom. The van der Waals surface area contributed by atoms with Crippen molar-refractivity contribution in [3.05, 3.63) is 76.2 Å². The van der Waals surface area contributed by atoms with E-state index in [9.17, 15) is 19.2 Å². The molecule has 0 aliphatic heterocycles. The number of benzene rings is 2. The largest absolute Gasteiger partial charge is 0.488 e. The van der Waals surface area contributed by atoms with Crippen molar-refractivity contribution >= 4 is 23.4 Å². The summed E-state index contributed by atoms with van der Waals surface area (Å²) in [6.07, 6.45) is 0.647. The van der Waals surface area contributed by atoms with Gasteiger partial charge in [0, 0.05) is 41.7 Å². The summed E-state index contributed by atoms with van der Waals surface area (Å²) in [7, 11) is 0. The molecule has 262 valence electrons. The summed E-state index contributed by atoms with van der Waals surface area (Å²) in [5.41, 5.74) is 14.4. The number of hydrogen-bond donors (Lipinski definition) is 2. The molecule has 0 heterocycles. The van der Waals surface area contributed by atoms with Crippen LogP contribution in [0.2, 0.25) is 0 Å². The summed E-state index contributed by atoms with van der Waals surface area (Å²) in [5.74, 6) is -2.29. The molecule has 0 aromatic heterocycles. The number of nitrogens with zero attached hydrogens (tertiary/aromatic N) is 3. The lowest BCUT2D eigenvalue weighted by Crippen LogP contribution is -2.54. The second-order valence-corrected chi connectivity index (χ2v) is 14.8. The molecule has 0 bridgehead atoms. The van der Waals surface area contributed by atoms with E-state index in [1.165, 1.54) is 0 Å². The van der Waals surface area contributed by atoms with E-state index in [4.69, 9.17) is 20.7 Å². The van der Waals surface area contributed by atoms with Gasteiger partial charge in [-0.25, -0.2) is 0 Å². The lowest BCUT2D eigenvalue weighted by molar-refractivity contribution is -0.156. The summed E-state index contributed by atoms with van der Waals surface area (Å²) in [6.45, 7) is 14.8. The van der Waals surface area contributed by atoms with Gasteiger partial charge in [0.1, 0.15) is 22.7 Å². The van der Waals surface area contributed by atoms with Crippen LogP contribution in [0.25, 0.3) is 10.4 Å². The molecular formula is C37H53N5O6. The van der Waals surface area contributed by atoms with Crippen LogP contribution < -0.4 is 15.8 Å². The molecule has 3 N–H and O–H groups in total. The van der Waals surface area contributed by atoms with Crippen LogP contribution in [0.5, 0.6) is 5.75 Å². The molecule has 0 fully saturated rings. The van der Waals surface area contributed by atoms with E-state index in [1.54, 1.807) is 34.6 Å². The van der Waals surface area contributed by atoms with Gasteiger partial charge in [-0.3, -0.25) is 19.2 Å². The van der Waals surface area contributed by atoms with Crippen LogP contribution >= 0.6 is 0 Å². The third-order valence-electron chi connectivity index (χ3n) is 7.60. The van der Waals surface area contributed by atoms with Gasteiger partial charge < -0.3 is 20.5 Å². The van der Waals surface area contributed by atoms with E-state index < -0.39 is 46.7 Å². The molecule has 0 radical (unpaired) electrons. The Morgan fingerprint density at radius 3 is 2.00 bits per heavy atom. The van der Waals surface area contributed by atoms with Crippen molar-refractivity contribution in [2.24, 2.45) is 22.7 Å². The number of carbonyl (C=O) groups excluding carboxylic acids is 4. The molecule has 2 aromatic carbocycles. The van der Waals surface area contributed by atoms with Crippen LogP contribution in [0.1, 0.15) is 92.2 Å². The second kappa shape index (κ2) is 17.8. The van der Waals surface area contributed by atoms with Crippen molar-refractivity contribution in [2.75, 3.05) is 6.54 Å². The van der Waals surface area contributed by atoms with E-state index in [2.05, 4.69) is 15.3 Å². The number of rotatable bonds is 18. The van der Waals surface area contributed by atoms with E-state index >= 15 is 0 Å². The predicted molar refractivity (Wildman–Crippen MR) is 186 cm³/mol. The van der Waals surface area contributed by atoms with Crippen LogP contribution in [0, 0.1) is 11.8 Å². The second-order valence-electron chi connectivity index (χ2n) is 14.8. The van der Waals surface area contributed by atoms with Crippen molar-refractivity contribution in [1.82, 2.24) is 5.32 Å². The van der Waals surface area contributed by atoms with Crippen molar-refractivity contribution in [1.29, 1.82) is 0 Å². The quantitative estimate of drug-likeness (QED) is 0.0606. The van der Waals surface area contributed by atoms with Crippen molar-refractivity contribution in [2.45, 2.75) is 117 Å². The number of hydrogen-bond acceptors (Lipinski definition) is 8. The van der Waals surface area contributed by atoms with Crippen molar-refractivity contribution < 1.29 is 28.7 Å². The summed E-state index contributed by atoms with van der Waals surface area (Å²) in [5, 5.41) is 6.63. The molecule has 0 aliphatic carbocycles. The highest BCUT2D eigenvalue weighted by molar-refractivity contribution is 5.92. The van der Waals surface area contributed by atoms with Crippen molar-refractivity contribution in [3.63, 3.8) is 0 Å². The average molecular weight is 664 g/mol. The Bertz CT molecular complexity index is 1420. The number of nitrogens with two attached hydrogens (primary N) is 1. The smallest absolute Gasteiger partial charge is 0.308 e. The molecule has 11 nitrogen and oxygen atoms in total. The molecule has 48 heavy (non-hydrogen) atoms. The molecule has 2 aromatic rings. The molecular weight excluding hydrogens is 610 g/mol. The normalized spacial score (nSPS) is 13.8. The molecule has 0 saturated heterocycles. The Balaban J connectivity index is 2.35. The van der Waals surface area contributed by atoms with Crippen LogP contribution in [0.3, 0.4) is 0 Å². The molecule has 1 amide bonds. The standard InChI is InChI=1S/C37H53N5O6/c1-35(2,3)47-28-18-16-26(17-19-28)21-27(23-32(44)30(38)24-33(45)48-36(4,5)6)34(46)41-37(7,8)29(22-25-13-10-9-11-14-25)31(43)15-12-20-40-42-39/h9-11,13-14,16-19,27,29-30H,12,15,20-24,38H2,1-8H3,(H,41,46)/t27-,29+,30+/m1/s1. The summed E-state index contributed by atoms with van der Waals surface area (Å²) < 4.78 is 11.3. The van der Waals surface area contributed by atoms with Gasteiger partial charge in [0.05, 0.1) is 12.5 Å². The van der Waals surface area contributed by atoms with Gasteiger partial charge in [-0.1, -0.05) is 47.6 Å². The number of ketones is 2. The van der Waals surface area contributed by atoms with Crippen molar-refractivity contribution in [3.8, 4) is 5.75 Å². The Hall–Kier alpha value is -4.21. The summed E-state index contributed by atoms with van der Waals surface area (Å²) in [4.78, 5) is 56.2.